The van der Waals surface area contributed by atoms with Crippen LogP contribution in [-0.4, -0.2) is 30.0 Å². The van der Waals surface area contributed by atoms with Gasteiger partial charge in [0, 0.05) is 13.1 Å². The molecule has 1 aliphatic heterocycles. The van der Waals surface area contributed by atoms with E-state index in [1.165, 1.54) is 12.8 Å². The summed E-state index contributed by atoms with van der Waals surface area (Å²) in [7, 11) is 0. The maximum absolute atomic E-state index is 6.06. The van der Waals surface area contributed by atoms with Gasteiger partial charge in [0.2, 0.25) is 0 Å². The monoisotopic (exact) mass is 235 g/mol. The van der Waals surface area contributed by atoms with Gasteiger partial charge in [-0.05, 0) is 24.2 Å². The van der Waals surface area contributed by atoms with Crippen molar-refractivity contribution in [3.8, 4) is 12.3 Å². The molecule has 0 amide bonds. The Kier molecular flexibility index (Phi) is 4.45. The second-order valence-corrected chi connectivity index (χ2v) is 6.12. The minimum atomic E-state index is -0.153. The molecule has 1 aliphatic rings. The number of terminal acetylenes is 1. The molecule has 0 aromatic rings. The average Bonchev–Trinajstić information content (AvgIpc) is 2.23. The van der Waals surface area contributed by atoms with Gasteiger partial charge in [-0.3, -0.25) is 0 Å². The molecule has 0 bridgehead atoms. The van der Waals surface area contributed by atoms with Crippen LogP contribution >= 0.6 is 0 Å². The van der Waals surface area contributed by atoms with Crippen LogP contribution in [0.1, 0.15) is 40.5 Å². The molecular weight excluding hydrogens is 210 g/mol. The standard InChI is InChI=1S/C14H25N3/c1-6-12(14(3,4)5)16-13(15)17-9-7-8-11(2)10-17/h1,11-12H,7-10H2,2-5H3,(H2,15,16). The molecule has 0 saturated carbocycles. The Balaban J connectivity index is 2.74. The Morgan fingerprint density at radius 1 is 1.53 bits per heavy atom. The highest BCUT2D eigenvalue weighted by atomic mass is 15.3. The lowest BCUT2D eigenvalue weighted by molar-refractivity contribution is 0.267. The van der Waals surface area contributed by atoms with Gasteiger partial charge in [-0.2, -0.15) is 0 Å². The van der Waals surface area contributed by atoms with Crippen LogP contribution < -0.4 is 5.73 Å². The van der Waals surface area contributed by atoms with Gasteiger partial charge in [0.05, 0.1) is 0 Å². The number of aliphatic imine (C=N–C) groups is 1. The van der Waals surface area contributed by atoms with Crippen LogP contribution in [0.15, 0.2) is 4.99 Å². The molecule has 2 unspecified atom stereocenters. The molecule has 2 N–H and O–H groups in total. The molecule has 96 valence electrons. The van der Waals surface area contributed by atoms with Crippen LogP contribution in [0.4, 0.5) is 0 Å². The summed E-state index contributed by atoms with van der Waals surface area (Å²) in [6.07, 6.45) is 8.00. The molecule has 1 heterocycles. The van der Waals surface area contributed by atoms with Crippen LogP contribution in [0.25, 0.3) is 0 Å². The van der Waals surface area contributed by atoms with Gasteiger partial charge in [0.25, 0.3) is 0 Å². The fraction of sp³-hybridized carbons (Fsp3) is 0.786. The molecule has 1 fully saturated rings. The first-order chi connectivity index (χ1) is 7.84. The molecule has 0 aliphatic carbocycles. The largest absolute Gasteiger partial charge is 0.370 e. The number of likely N-dealkylation sites (tertiary alicyclic amines) is 1. The first-order valence-corrected chi connectivity index (χ1v) is 6.39. The predicted octanol–water partition coefficient (Wildman–Crippen LogP) is 2.08. The third-order valence-corrected chi connectivity index (χ3v) is 3.22. The highest BCUT2D eigenvalue weighted by Crippen LogP contribution is 2.22. The summed E-state index contributed by atoms with van der Waals surface area (Å²) in [6.45, 7) is 10.5. The van der Waals surface area contributed by atoms with Crippen molar-refractivity contribution in [1.82, 2.24) is 4.90 Å². The summed E-state index contributed by atoms with van der Waals surface area (Å²) >= 11 is 0. The molecule has 1 saturated heterocycles. The van der Waals surface area contributed by atoms with E-state index in [9.17, 15) is 0 Å². The van der Waals surface area contributed by atoms with Gasteiger partial charge in [-0.25, -0.2) is 4.99 Å². The first-order valence-electron chi connectivity index (χ1n) is 6.39. The van der Waals surface area contributed by atoms with E-state index in [0.717, 1.165) is 13.1 Å². The summed E-state index contributed by atoms with van der Waals surface area (Å²) in [5.74, 6) is 4.03. The Labute approximate surface area is 105 Å². The smallest absolute Gasteiger partial charge is 0.192 e. The number of piperidine rings is 1. The SMILES string of the molecule is C#CC(N=C(N)N1CCCC(C)C1)C(C)(C)C. The van der Waals surface area contributed by atoms with Crippen molar-refractivity contribution in [1.29, 1.82) is 0 Å². The van der Waals surface area contributed by atoms with Crippen molar-refractivity contribution in [2.45, 2.75) is 46.6 Å². The summed E-state index contributed by atoms with van der Waals surface area (Å²) < 4.78 is 0. The second kappa shape index (κ2) is 5.44. The van der Waals surface area contributed by atoms with E-state index in [-0.39, 0.29) is 11.5 Å². The summed E-state index contributed by atoms with van der Waals surface area (Å²) in [5.41, 5.74) is 6.02. The van der Waals surface area contributed by atoms with Crippen LogP contribution in [0.5, 0.6) is 0 Å². The summed E-state index contributed by atoms with van der Waals surface area (Å²) in [5, 5.41) is 0. The normalized spacial score (nSPS) is 24.3. The third kappa shape index (κ3) is 3.96. The van der Waals surface area contributed by atoms with E-state index in [1.54, 1.807) is 0 Å². The van der Waals surface area contributed by atoms with E-state index in [4.69, 9.17) is 12.2 Å². The highest BCUT2D eigenvalue weighted by molar-refractivity contribution is 5.78. The average molecular weight is 235 g/mol. The molecule has 3 nitrogen and oxygen atoms in total. The molecule has 0 radical (unpaired) electrons. The van der Waals surface area contributed by atoms with Crippen molar-refractivity contribution < 1.29 is 0 Å². The van der Waals surface area contributed by atoms with Gasteiger partial charge < -0.3 is 10.6 Å². The second-order valence-electron chi connectivity index (χ2n) is 6.12. The topological polar surface area (TPSA) is 41.6 Å². The van der Waals surface area contributed by atoms with Crippen molar-refractivity contribution in [3.05, 3.63) is 0 Å². The van der Waals surface area contributed by atoms with Gasteiger partial charge in [0.1, 0.15) is 6.04 Å². The van der Waals surface area contributed by atoms with Gasteiger partial charge in [-0.15, -0.1) is 6.42 Å². The zero-order chi connectivity index (χ0) is 13.1. The molecular formula is C14H25N3. The molecule has 3 heteroatoms. The summed E-state index contributed by atoms with van der Waals surface area (Å²) in [4.78, 5) is 6.67. The number of nitrogens with zero attached hydrogens (tertiary/aromatic N) is 2. The van der Waals surface area contributed by atoms with Crippen LogP contribution in [0.3, 0.4) is 0 Å². The Bertz CT molecular complexity index is 319. The van der Waals surface area contributed by atoms with Crippen LogP contribution in [0, 0.1) is 23.7 Å². The van der Waals surface area contributed by atoms with Gasteiger partial charge >= 0.3 is 0 Å². The third-order valence-electron chi connectivity index (χ3n) is 3.22. The minimum Gasteiger partial charge on any atom is -0.370 e. The zero-order valence-corrected chi connectivity index (χ0v) is 11.5. The first kappa shape index (κ1) is 13.9. The predicted molar refractivity (Wildman–Crippen MR) is 73.7 cm³/mol. The van der Waals surface area contributed by atoms with Crippen molar-refractivity contribution in [3.63, 3.8) is 0 Å². The van der Waals surface area contributed by atoms with Crippen LogP contribution in [-0.2, 0) is 0 Å². The van der Waals surface area contributed by atoms with Gasteiger partial charge in [0.15, 0.2) is 5.96 Å². The molecule has 1 rings (SSSR count). The number of hydrogen-bond acceptors (Lipinski definition) is 1. The maximum Gasteiger partial charge on any atom is 0.192 e. The number of rotatable bonds is 1. The lowest BCUT2D eigenvalue weighted by Gasteiger charge is -2.33. The molecule has 0 aromatic heterocycles. The Morgan fingerprint density at radius 2 is 2.18 bits per heavy atom. The summed E-state index contributed by atoms with van der Waals surface area (Å²) in [6, 6.07) is -0.153. The van der Waals surface area contributed by atoms with E-state index in [1.807, 2.05) is 0 Å². The van der Waals surface area contributed by atoms with E-state index >= 15 is 0 Å². The van der Waals surface area contributed by atoms with Crippen molar-refractivity contribution in [2.75, 3.05) is 13.1 Å². The van der Waals surface area contributed by atoms with Crippen molar-refractivity contribution in [2.24, 2.45) is 22.1 Å². The molecule has 0 aromatic carbocycles. The number of hydrogen-bond donors (Lipinski definition) is 1. The Hall–Kier alpha value is -1.17. The quantitative estimate of drug-likeness (QED) is 0.429. The van der Waals surface area contributed by atoms with Crippen molar-refractivity contribution >= 4 is 5.96 Å². The molecule has 0 spiro atoms. The minimum absolute atomic E-state index is 0.0409. The fourth-order valence-electron chi connectivity index (χ4n) is 2.09. The van der Waals surface area contributed by atoms with E-state index in [2.05, 4.69) is 43.5 Å². The lowest BCUT2D eigenvalue weighted by Crippen LogP contribution is -2.44. The highest BCUT2D eigenvalue weighted by Gasteiger charge is 2.24. The number of nitrogens with two attached hydrogens (primary N) is 1. The Morgan fingerprint density at radius 3 is 2.65 bits per heavy atom. The zero-order valence-electron chi connectivity index (χ0n) is 11.5. The lowest BCUT2D eigenvalue weighted by atomic mass is 9.88. The number of guanidine groups is 1. The molecule has 2 atom stereocenters. The fourth-order valence-corrected chi connectivity index (χ4v) is 2.09. The van der Waals surface area contributed by atoms with Gasteiger partial charge in [-0.1, -0.05) is 33.6 Å². The molecule has 17 heavy (non-hydrogen) atoms. The van der Waals surface area contributed by atoms with E-state index in [0.29, 0.717) is 11.9 Å². The maximum atomic E-state index is 6.06. The van der Waals surface area contributed by atoms with E-state index < -0.39 is 0 Å². The van der Waals surface area contributed by atoms with Crippen LogP contribution in [0.2, 0.25) is 0 Å².